The Hall–Kier alpha value is -2.49. The molecule has 156 valence electrons. The number of benzene rings is 2. The third kappa shape index (κ3) is 5.75. The molecular weight excluding hydrogens is 483 g/mol. The number of esters is 1. The number of ether oxygens (including phenoxy) is 1. The van der Waals surface area contributed by atoms with Crippen LogP contribution in [0.25, 0.3) is 0 Å². The van der Waals surface area contributed by atoms with Gasteiger partial charge in [-0.25, -0.2) is 4.79 Å². The lowest BCUT2D eigenvalue weighted by Gasteiger charge is -2.37. The molecule has 1 aliphatic rings. The number of aliphatic imine (C=N–C) groups is 1. The number of anilines is 1. The molecule has 0 spiro atoms. The van der Waals surface area contributed by atoms with Crippen molar-refractivity contribution < 1.29 is 14.6 Å². The summed E-state index contributed by atoms with van der Waals surface area (Å²) in [6.07, 6.45) is 0. The number of carbonyl (C=O) groups is 1. The number of carbonyl (C=O) groups excluding carboxylic acids is 1. The predicted octanol–water partition coefficient (Wildman–Crippen LogP) is 2.69. The average molecular weight is 510 g/mol. The number of methoxy groups -OCH3 is 1. The number of aromatic hydroxyl groups is 1. The standard InChI is InChI=1S/C21H26N4O3.HI/c1-22-21(23-15-16-7-9-17(10-8-16)20(27)28-2)25-13-11-24(12-14-25)18-5-3-4-6-19(18)26;/h3-10,26H,11-15H2,1-2H3,(H,22,23);1H. The molecule has 2 aromatic rings. The van der Waals surface area contributed by atoms with E-state index in [4.69, 9.17) is 4.74 Å². The number of hydrogen-bond acceptors (Lipinski definition) is 5. The van der Waals surface area contributed by atoms with Crippen molar-refractivity contribution in [3.8, 4) is 5.75 Å². The van der Waals surface area contributed by atoms with Crippen molar-refractivity contribution in [3.05, 3.63) is 59.7 Å². The van der Waals surface area contributed by atoms with E-state index in [1.54, 1.807) is 25.2 Å². The Morgan fingerprint density at radius 2 is 1.76 bits per heavy atom. The maximum atomic E-state index is 11.5. The fourth-order valence-electron chi connectivity index (χ4n) is 3.28. The third-order valence-corrected chi connectivity index (χ3v) is 4.84. The number of nitrogens with one attached hydrogen (secondary N) is 1. The van der Waals surface area contributed by atoms with Gasteiger partial charge in [-0.05, 0) is 29.8 Å². The first-order valence-corrected chi connectivity index (χ1v) is 9.28. The van der Waals surface area contributed by atoms with Crippen LogP contribution >= 0.6 is 24.0 Å². The minimum absolute atomic E-state index is 0. The number of para-hydroxylation sites is 2. The quantitative estimate of drug-likeness (QED) is 0.285. The summed E-state index contributed by atoms with van der Waals surface area (Å²) >= 11 is 0. The van der Waals surface area contributed by atoms with Crippen LogP contribution in [0.5, 0.6) is 5.75 Å². The molecule has 3 rings (SSSR count). The number of halogens is 1. The maximum Gasteiger partial charge on any atom is 0.337 e. The van der Waals surface area contributed by atoms with Gasteiger partial charge in [-0.15, -0.1) is 24.0 Å². The SMILES string of the molecule is CN=C(NCc1ccc(C(=O)OC)cc1)N1CCN(c2ccccc2O)CC1.I. The Morgan fingerprint density at radius 1 is 1.10 bits per heavy atom. The van der Waals surface area contributed by atoms with Gasteiger partial charge in [-0.1, -0.05) is 24.3 Å². The molecule has 29 heavy (non-hydrogen) atoms. The van der Waals surface area contributed by atoms with Gasteiger partial charge in [0.15, 0.2) is 5.96 Å². The number of rotatable bonds is 4. The monoisotopic (exact) mass is 510 g/mol. The number of guanidine groups is 1. The first-order valence-electron chi connectivity index (χ1n) is 9.28. The lowest BCUT2D eigenvalue weighted by Crippen LogP contribution is -2.52. The van der Waals surface area contributed by atoms with Crippen molar-refractivity contribution in [3.63, 3.8) is 0 Å². The highest BCUT2D eigenvalue weighted by Crippen LogP contribution is 2.27. The Balaban J connectivity index is 0.00000300. The number of nitrogens with zero attached hydrogens (tertiary/aromatic N) is 3. The lowest BCUT2D eigenvalue weighted by molar-refractivity contribution is 0.0600. The fraction of sp³-hybridized carbons (Fsp3) is 0.333. The Morgan fingerprint density at radius 3 is 2.34 bits per heavy atom. The molecular formula is C21H27IN4O3. The van der Waals surface area contributed by atoms with E-state index in [1.165, 1.54) is 7.11 Å². The molecule has 1 fully saturated rings. The zero-order valence-corrected chi connectivity index (χ0v) is 19.0. The molecule has 8 heteroatoms. The van der Waals surface area contributed by atoms with Crippen LogP contribution in [0, 0.1) is 0 Å². The molecule has 0 aromatic heterocycles. The van der Waals surface area contributed by atoms with Gasteiger partial charge in [0, 0.05) is 39.8 Å². The zero-order valence-electron chi connectivity index (χ0n) is 16.7. The molecule has 1 heterocycles. The van der Waals surface area contributed by atoms with Gasteiger partial charge < -0.3 is 25.0 Å². The van der Waals surface area contributed by atoms with Gasteiger partial charge in [-0.3, -0.25) is 4.99 Å². The molecule has 0 bridgehead atoms. The van der Waals surface area contributed by atoms with Crippen LogP contribution in [0.1, 0.15) is 15.9 Å². The van der Waals surface area contributed by atoms with Crippen molar-refractivity contribution in [2.75, 3.05) is 45.2 Å². The van der Waals surface area contributed by atoms with E-state index in [2.05, 4.69) is 20.1 Å². The summed E-state index contributed by atoms with van der Waals surface area (Å²) in [5.74, 6) is 0.820. The molecule has 0 saturated carbocycles. The molecule has 0 aliphatic carbocycles. The van der Waals surface area contributed by atoms with E-state index < -0.39 is 0 Å². The summed E-state index contributed by atoms with van der Waals surface area (Å²) < 4.78 is 4.72. The van der Waals surface area contributed by atoms with Crippen LogP contribution < -0.4 is 10.2 Å². The fourth-order valence-corrected chi connectivity index (χ4v) is 3.28. The van der Waals surface area contributed by atoms with E-state index in [0.29, 0.717) is 17.9 Å². The molecule has 2 aromatic carbocycles. The Bertz CT molecular complexity index is 834. The number of phenolic OH excluding ortho intramolecular Hbond substituents is 1. The van der Waals surface area contributed by atoms with Crippen molar-refractivity contribution in [1.29, 1.82) is 0 Å². The highest BCUT2D eigenvalue weighted by Gasteiger charge is 2.21. The first-order chi connectivity index (χ1) is 13.6. The van der Waals surface area contributed by atoms with Gasteiger partial charge >= 0.3 is 5.97 Å². The summed E-state index contributed by atoms with van der Waals surface area (Å²) in [6, 6.07) is 14.8. The van der Waals surface area contributed by atoms with Crippen LogP contribution in [-0.4, -0.2) is 62.3 Å². The average Bonchev–Trinajstić information content (AvgIpc) is 2.75. The van der Waals surface area contributed by atoms with Crippen LogP contribution in [0.3, 0.4) is 0 Å². The van der Waals surface area contributed by atoms with Crippen molar-refractivity contribution >= 4 is 41.6 Å². The molecule has 1 aliphatic heterocycles. The normalized spacial score (nSPS) is 14.2. The third-order valence-electron chi connectivity index (χ3n) is 4.84. The van der Waals surface area contributed by atoms with E-state index in [9.17, 15) is 9.90 Å². The summed E-state index contributed by atoms with van der Waals surface area (Å²) in [7, 11) is 3.15. The smallest absolute Gasteiger partial charge is 0.337 e. The molecule has 1 saturated heterocycles. The van der Waals surface area contributed by atoms with E-state index in [1.807, 2.05) is 30.3 Å². The first kappa shape index (κ1) is 22.8. The minimum Gasteiger partial charge on any atom is -0.506 e. The minimum atomic E-state index is -0.336. The summed E-state index contributed by atoms with van der Waals surface area (Å²) in [6.45, 7) is 3.87. The number of piperazine rings is 1. The van der Waals surface area contributed by atoms with Crippen LogP contribution in [0.2, 0.25) is 0 Å². The lowest BCUT2D eigenvalue weighted by atomic mass is 10.1. The highest BCUT2D eigenvalue weighted by atomic mass is 127. The van der Waals surface area contributed by atoms with E-state index in [-0.39, 0.29) is 29.9 Å². The molecule has 2 N–H and O–H groups in total. The van der Waals surface area contributed by atoms with Crippen molar-refractivity contribution in [2.45, 2.75) is 6.54 Å². The predicted molar refractivity (Wildman–Crippen MR) is 125 cm³/mol. The topological polar surface area (TPSA) is 77.4 Å². The summed E-state index contributed by atoms with van der Waals surface area (Å²) in [5, 5.41) is 13.4. The molecule has 0 unspecified atom stereocenters. The van der Waals surface area contributed by atoms with Gasteiger partial charge in [-0.2, -0.15) is 0 Å². The van der Waals surface area contributed by atoms with E-state index in [0.717, 1.165) is 43.4 Å². The number of hydrogen-bond donors (Lipinski definition) is 2. The zero-order chi connectivity index (χ0) is 19.9. The summed E-state index contributed by atoms with van der Waals surface area (Å²) in [4.78, 5) is 20.3. The van der Waals surface area contributed by atoms with E-state index >= 15 is 0 Å². The van der Waals surface area contributed by atoms with Gasteiger partial charge in [0.1, 0.15) is 5.75 Å². The van der Waals surface area contributed by atoms with Crippen LogP contribution in [-0.2, 0) is 11.3 Å². The van der Waals surface area contributed by atoms with Crippen LogP contribution in [0.4, 0.5) is 5.69 Å². The largest absolute Gasteiger partial charge is 0.506 e. The van der Waals surface area contributed by atoms with Crippen molar-refractivity contribution in [1.82, 2.24) is 10.2 Å². The molecule has 7 nitrogen and oxygen atoms in total. The maximum absolute atomic E-state index is 11.5. The molecule has 0 atom stereocenters. The van der Waals surface area contributed by atoms with Crippen molar-refractivity contribution in [2.24, 2.45) is 4.99 Å². The second-order valence-corrected chi connectivity index (χ2v) is 6.55. The second-order valence-electron chi connectivity index (χ2n) is 6.55. The molecule has 0 radical (unpaired) electrons. The van der Waals surface area contributed by atoms with Gasteiger partial charge in [0.25, 0.3) is 0 Å². The summed E-state index contributed by atoms with van der Waals surface area (Å²) in [5.41, 5.74) is 2.47. The van der Waals surface area contributed by atoms with Gasteiger partial charge in [0.2, 0.25) is 0 Å². The number of phenols is 1. The molecule has 0 amide bonds. The Kier molecular flexibility index (Phi) is 8.56. The second kappa shape index (κ2) is 10.9. The Labute approximate surface area is 188 Å². The van der Waals surface area contributed by atoms with Gasteiger partial charge in [0.05, 0.1) is 18.4 Å². The van der Waals surface area contributed by atoms with Crippen LogP contribution in [0.15, 0.2) is 53.5 Å². The highest BCUT2D eigenvalue weighted by molar-refractivity contribution is 14.0.